The van der Waals surface area contributed by atoms with Crippen molar-refractivity contribution < 1.29 is 14.6 Å². The highest BCUT2D eigenvalue weighted by Crippen LogP contribution is 2.41. The molecule has 4 aromatic rings. The molecule has 2 aromatic heterocycles. The molecule has 1 N–H and O–H groups in total. The van der Waals surface area contributed by atoms with Gasteiger partial charge in [0.15, 0.2) is 0 Å². The Morgan fingerprint density at radius 1 is 1.12 bits per heavy atom. The van der Waals surface area contributed by atoms with E-state index in [1.165, 1.54) is 10.9 Å². The molecule has 1 aliphatic rings. The van der Waals surface area contributed by atoms with Gasteiger partial charge in [0.1, 0.15) is 10.8 Å². The summed E-state index contributed by atoms with van der Waals surface area (Å²) in [5, 5.41) is 19.9. The number of hydrogen-bond donors (Lipinski definition) is 1. The molecule has 1 aliphatic carbocycles. The van der Waals surface area contributed by atoms with Gasteiger partial charge in [0.2, 0.25) is 5.69 Å². The first kappa shape index (κ1) is 22.4. The number of hydrogen-bond acceptors (Lipinski definition) is 6. The Morgan fingerprint density at radius 2 is 1.91 bits per heavy atom. The number of methoxy groups -OCH3 is 1. The van der Waals surface area contributed by atoms with Crippen LogP contribution in [0.2, 0.25) is 0 Å². The molecule has 1 saturated carbocycles. The van der Waals surface area contributed by atoms with Crippen LogP contribution in [0, 0.1) is 0 Å². The number of carbonyl (C=O) groups is 1. The van der Waals surface area contributed by atoms with E-state index >= 15 is 0 Å². The minimum atomic E-state index is -1.04. The predicted molar refractivity (Wildman–Crippen MR) is 132 cm³/mol. The predicted octanol–water partition coefficient (Wildman–Crippen LogP) is 5.40. The molecule has 34 heavy (non-hydrogen) atoms. The Kier molecular flexibility index (Phi) is 6.49. The van der Waals surface area contributed by atoms with Crippen molar-refractivity contribution in [3.8, 4) is 5.75 Å². The highest BCUT2D eigenvalue weighted by atomic mass is 32.2. The van der Waals surface area contributed by atoms with Crippen molar-refractivity contribution in [1.29, 1.82) is 0 Å². The maximum absolute atomic E-state index is 11.8. The second-order valence-corrected chi connectivity index (χ2v) is 9.89. The second kappa shape index (κ2) is 9.85. The van der Waals surface area contributed by atoms with Crippen LogP contribution in [-0.4, -0.2) is 43.4 Å². The summed E-state index contributed by atoms with van der Waals surface area (Å²) in [5.74, 6) is 0.257. The lowest BCUT2D eigenvalue weighted by atomic mass is 9.83. The number of nitrogens with zero attached hydrogens (tertiary/aromatic N) is 4. The maximum atomic E-state index is 11.8. The number of thioether (sulfide) groups is 1. The van der Waals surface area contributed by atoms with Crippen molar-refractivity contribution in [3.63, 3.8) is 0 Å². The zero-order valence-electron chi connectivity index (χ0n) is 18.9. The molecule has 1 fully saturated rings. The first-order valence-corrected chi connectivity index (χ1v) is 12.3. The summed E-state index contributed by atoms with van der Waals surface area (Å²) in [7, 11) is 1.63. The van der Waals surface area contributed by atoms with Gasteiger partial charge in [-0.25, -0.2) is 9.48 Å². The fourth-order valence-corrected chi connectivity index (χ4v) is 5.87. The van der Waals surface area contributed by atoms with Gasteiger partial charge in [0.05, 0.1) is 19.2 Å². The summed E-state index contributed by atoms with van der Waals surface area (Å²) in [6.45, 7) is 0.465. The molecular weight excluding hydrogens is 448 g/mol. The van der Waals surface area contributed by atoms with Crippen molar-refractivity contribution in [3.05, 3.63) is 77.6 Å². The minimum absolute atomic E-state index is 0.0302. The fraction of sp³-hybridized carbons (Fsp3) is 0.308. The summed E-state index contributed by atoms with van der Waals surface area (Å²) in [6, 6.07) is 18.3. The topological polar surface area (TPSA) is 90.1 Å². The molecule has 8 heteroatoms. The fourth-order valence-electron chi connectivity index (χ4n) is 4.58. The molecule has 2 heterocycles. The van der Waals surface area contributed by atoms with Crippen LogP contribution in [0.5, 0.6) is 5.75 Å². The van der Waals surface area contributed by atoms with Gasteiger partial charge in [-0.15, -0.1) is 16.9 Å². The average molecular weight is 475 g/mol. The van der Waals surface area contributed by atoms with Gasteiger partial charge in [-0.05, 0) is 73.1 Å². The summed E-state index contributed by atoms with van der Waals surface area (Å²) in [5.41, 5.74) is 3.43. The maximum Gasteiger partial charge on any atom is 0.359 e. The number of carboxylic acid groups (broad SMARTS) is 1. The first-order chi connectivity index (χ1) is 16.6. The normalized spacial score (nSPS) is 18.1. The Balaban J connectivity index is 1.28. The monoisotopic (exact) mass is 474 g/mol. The van der Waals surface area contributed by atoms with Gasteiger partial charge in [-0.2, -0.15) is 0 Å². The van der Waals surface area contributed by atoms with Gasteiger partial charge in [-0.3, -0.25) is 4.98 Å². The highest BCUT2D eigenvalue weighted by Gasteiger charge is 2.28. The number of aromatic carboxylic acids is 1. The molecule has 0 unspecified atom stereocenters. The van der Waals surface area contributed by atoms with E-state index in [0.29, 0.717) is 22.7 Å². The lowest BCUT2D eigenvalue weighted by Crippen LogP contribution is -2.16. The number of pyridine rings is 1. The molecule has 0 amide bonds. The number of benzene rings is 2. The summed E-state index contributed by atoms with van der Waals surface area (Å²) in [6.07, 6.45) is 6.02. The van der Waals surface area contributed by atoms with Crippen LogP contribution in [0.3, 0.4) is 0 Å². The molecule has 0 spiro atoms. The number of aromatic nitrogens is 4. The number of rotatable bonds is 7. The third kappa shape index (κ3) is 4.77. The smallest absolute Gasteiger partial charge is 0.359 e. The summed E-state index contributed by atoms with van der Waals surface area (Å²) < 4.78 is 6.93. The van der Waals surface area contributed by atoms with Crippen LogP contribution >= 0.6 is 11.8 Å². The number of carboxylic acids is 1. The van der Waals surface area contributed by atoms with Crippen LogP contribution < -0.4 is 4.74 Å². The van der Waals surface area contributed by atoms with Crippen molar-refractivity contribution in [2.24, 2.45) is 0 Å². The lowest BCUT2D eigenvalue weighted by Gasteiger charge is -2.28. The number of fused-ring (bicyclic) bond motifs is 1. The van der Waals surface area contributed by atoms with Gasteiger partial charge in [0, 0.05) is 16.8 Å². The largest absolute Gasteiger partial charge is 0.497 e. The Morgan fingerprint density at radius 3 is 2.65 bits per heavy atom. The zero-order chi connectivity index (χ0) is 23.5. The quantitative estimate of drug-likeness (QED) is 0.383. The molecule has 174 valence electrons. The number of ether oxygens (including phenoxy) is 1. The first-order valence-electron chi connectivity index (χ1n) is 11.4. The van der Waals surface area contributed by atoms with Crippen molar-refractivity contribution in [1.82, 2.24) is 20.0 Å². The van der Waals surface area contributed by atoms with E-state index in [4.69, 9.17) is 4.74 Å². The Labute approximate surface area is 202 Å². The van der Waals surface area contributed by atoms with E-state index in [9.17, 15) is 9.90 Å². The molecule has 0 saturated heterocycles. The molecule has 0 bridgehead atoms. The lowest BCUT2D eigenvalue weighted by molar-refractivity contribution is 0.0686. The molecule has 0 atom stereocenters. The van der Waals surface area contributed by atoms with E-state index in [0.717, 1.165) is 42.5 Å². The Hall–Kier alpha value is -3.39. The third-order valence-electron chi connectivity index (χ3n) is 6.43. The van der Waals surface area contributed by atoms with Crippen molar-refractivity contribution in [2.45, 2.75) is 48.4 Å². The molecule has 0 aliphatic heterocycles. The van der Waals surface area contributed by atoms with E-state index in [1.807, 2.05) is 36.5 Å². The standard InChI is InChI=1S/C26H26N4O3S/c1-33-21-9-4-17(5-10-21)16-30-25(24(26(31)32)28-29-30)34-22-11-6-18(7-12-22)19-8-13-23-20(15-19)3-2-14-27-23/h2-5,8-10,13-15,18,22H,6-7,11-12,16H2,1H3,(H,31,32). The van der Waals surface area contributed by atoms with Gasteiger partial charge in [0.25, 0.3) is 0 Å². The Bertz CT molecular complexity index is 1300. The average Bonchev–Trinajstić information content (AvgIpc) is 3.27. The van der Waals surface area contributed by atoms with Gasteiger partial charge < -0.3 is 9.84 Å². The van der Waals surface area contributed by atoms with Gasteiger partial charge in [-0.1, -0.05) is 29.5 Å². The summed E-state index contributed by atoms with van der Waals surface area (Å²) >= 11 is 1.60. The van der Waals surface area contributed by atoms with E-state index in [-0.39, 0.29) is 5.69 Å². The van der Waals surface area contributed by atoms with Crippen LogP contribution in [0.15, 0.2) is 65.8 Å². The summed E-state index contributed by atoms with van der Waals surface area (Å²) in [4.78, 5) is 16.2. The SMILES string of the molecule is COc1ccc(Cn2nnc(C(=O)O)c2SC2CCC(c3ccc4ncccc4c3)CC2)cc1. The molecule has 7 nitrogen and oxygen atoms in total. The van der Waals surface area contributed by atoms with Crippen molar-refractivity contribution in [2.75, 3.05) is 7.11 Å². The highest BCUT2D eigenvalue weighted by molar-refractivity contribution is 7.99. The third-order valence-corrected chi connectivity index (χ3v) is 7.87. The van der Waals surface area contributed by atoms with Crippen molar-refractivity contribution >= 4 is 28.6 Å². The van der Waals surface area contributed by atoms with Crippen LogP contribution in [0.1, 0.15) is 53.2 Å². The van der Waals surface area contributed by atoms with E-state index < -0.39 is 5.97 Å². The van der Waals surface area contributed by atoms with Crippen LogP contribution in [0.4, 0.5) is 0 Å². The molecule has 0 radical (unpaired) electrons. The van der Waals surface area contributed by atoms with E-state index in [2.05, 4.69) is 39.6 Å². The van der Waals surface area contributed by atoms with Crippen LogP contribution in [0.25, 0.3) is 10.9 Å². The molecule has 2 aromatic carbocycles. The zero-order valence-corrected chi connectivity index (χ0v) is 19.7. The second-order valence-electron chi connectivity index (χ2n) is 8.60. The molecule has 5 rings (SSSR count). The van der Waals surface area contributed by atoms with Gasteiger partial charge >= 0.3 is 5.97 Å². The minimum Gasteiger partial charge on any atom is -0.497 e. The van der Waals surface area contributed by atoms with Crippen LogP contribution in [-0.2, 0) is 6.54 Å². The van der Waals surface area contributed by atoms with E-state index in [1.54, 1.807) is 23.6 Å². The molecular formula is C26H26N4O3S.